The fourth-order valence-corrected chi connectivity index (χ4v) is 4.38. The molecule has 0 bridgehead atoms. The van der Waals surface area contributed by atoms with Gasteiger partial charge in [-0.25, -0.2) is 4.79 Å². The molecule has 2 aliphatic rings. The first-order valence-electron chi connectivity index (χ1n) is 8.69. The zero-order valence-corrected chi connectivity index (χ0v) is 14.5. The van der Waals surface area contributed by atoms with Gasteiger partial charge in [0.1, 0.15) is 5.76 Å². The van der Waals surface area contributed by atoms with Crippen LogP contribution in [0.25, 0.3) is 0 Å². The van der Waals surface area contributed by atoms with Gasteiger partial charge >= 0.3 is 5.97 Å². The average molecular weight is 334 g/mol. The molecule has 3 rings (SSSR count). The second-order valence-electron chi connectivity index (χ2n) is 7.37. The highest BCUT2D eigenvalue weighted by Gasteiger charge is 2.47. The van der Waals surface area contributed by atoms with Crippen LogP contribution in [0.2, 0.25) is 0 Å². The molecular formula is C18H26N2O4. The molecule has 1 amide bonds. The van der Waals surface area contributed by atoms with E-state index in [0.29, 0.717) is 30.8 Å². The van der Waals surface area contributed by atoms with Crippen molar-refractivity contribution in [2.24, 2.45) is 5.41 Å². The summed E-state index contributed by atoms with van der Waals surface area (Å²) in [5.41, 5.74) is 0.161. The van der Waals surface area contributed by atoms with E-state index in [1.165, 1.54) is 6.26 Å². The number of fused-ring (bicyclic) bond motifs is 1. The van der Waals surface area contributed by atoms with Gasteiger partial charge in [-0.1, -0.05) is 19.3 Å². The van der Waals surface area contributed by atoms with E-state index in [1.807, 2.05) is 19.0 Å². The number of furan rings is 1. The molecule has 2 heterocycles. The number of carboxylic acid groups (broad SMARTS) is 1. The van der Waals surface area contributed by atoms with Crippen LogP contribution < -0.4 is 0 Å². The summed E-state index contributed by atoms with van der Waals surface area (Å²) >= 11 is 0. The van der Waals surface area contributed by atoms with Crippen molar-refractivity contribution in [1.29, 1.82) is 0 Å². The highest BCUT2D eigenvalue weighted by Crippen LogP contribution is 2.42. The Labute approximate surface area is 142 Å². The second-order valence-corrected chi connectivity index (χ2v) is 7.37. The predicted octanol–water partition coefficient (Wildman–Crippen LogP) is 2.30. The molecule has 1 aromatic heterocycles. The van der Waals surface area contributed by atoms with E-state index in [1.54, 1.807) is 11.0 Å². The van der Waals surface area contributed by atoms with Crippen molar-refractivity contribution in [3.63, 3.8) is 0 Å². The first kappa shape index (κ1) is 17.0. The van der Waals surface area contributed by atoms with Gasteiger partial charge in [-0.3, -0.25) is 4.79 Å². The van der Waals surface area contributed by atoms with Gasteiger partial charge in [0, 0.05) is 25.1 Å². The monoisotopic (exact) mass is 334 g/mol. The largest absolute Gasteiger partial charge is 0.479 e. The lowest BCUT2D eigenvalue weighted by molar-refractivity contribution is -0.158. The summed E-state index contributed by atoms with van der Waals surface area (Å²) in [6.45, 7) is 1.08. The first-order chi connectivity index (χ1) is 11.4. The normalized spacial score (nSPS) is 23.1. The fraction of sp³-hybridized carbons (Fsp3) is 0.667. The summed E-state index contributed by atoms with van der Waals surface area (Å²) in [5.74, 6) is -0.298. The van der Waals surface area contributed by atoms with Crippen LogP contribution in [0.1, 0.15) is 49.5 Å². The molecule has 6 nitrogen and oxygen atoms in total. The molecule has 0 saturated heterocycles. The van der Waals surface area contributed by atoms with E-state index >= 15 is 0 Å². The second kappa shape index (κ2) is 6.59. The van der Waals surface area contributed by atoms with Gasteiger partial charge in [0.05, 0.1) is 11.7 Å². The van der Waals surface area contributed by atoms with Gasteiger partial charge in [-0.2, -0.15) is 0 Å². The minimum atomic E-state index is -0.985. The lowest BCUT2D eigenvalue weighted by Crippen LogP contribution is -2.53. The zero-order valence-electron chi connectivity index (χ0n) is 14.5. The number of amides is 1. The summed E-state index contributed by atoms with van der Waals surface area (Å²) in [5, 5.41) is 9.74. The van der Waals surface area contributed by atoms with Crippen LogP contribution in [0.15, 0.2) is 16.7 Å². The number of carbonyl (C=O) groups is 2. The van der Waals surface area contributed by atoms with Crippen LogP contribution in [-0.2, 0) is 16.0 Å². The summed E-state index contributed by atoms with van der Waals surface area (Å²) < 4.78 is 5.39. The highest BCUT2D eigenvalue weighted by molar-refractivity contribution is 5.89. The van der Waals surface area contributed by atoms with Crippen molar-refractivity contribution in [2.45, 2.75) is 44.6 Å². The van der Waals surface area contributed by atoms with Crippen LogP contribution >= 0.6 is 0 Å². The number of aliphatic carboxylic acids is 1. The molecule has 1 aliphatic carbocycles. The minimum absolute atomic E-state index is 0.00449. The third-order valence-corrected chi connectivity index (χ3v) is 5.34. The molecule has 0 aromatic carbocycles. The van der Waals surface area contributed by atoms with Crippen molar-refractivity contribution in [3.8, 4) is 0 Å². The number of carbonyl (C=O) groups excluding carboxylic acids is 1. The molecule has 0 spiro atoms. The maximum Gasteiger partial charge on any atom is 0.331 e. The topological polar surface area (TPSA) is 74.0 Å². The lowest BCUT2D eigenvalue weighted by Gasteiger charge is -2.44. The van der Waals surface area contributed by atoms with E-state index in [4.69, 9.17) is 4.42 Å². The SMILES string of the molecule is CN(C)CC1(C(=O)N2CCc3occc3C2C(=O)O)CCCCC1. The molecule has 1 unspecified atom stereocenters. The van der Waals surface area contributed by atoms with Crippen molar-refractivity contribution < 1.29 is 19.1 Å². The van der Waals surface area contributed by atoms with Crippen molar-refractivity contribution in [2.75, 3.05) is 27.2 Å². The summed E-state index contributed by atoms with van der Waals surface area (Å²) in [7, 11) is 3.95. The maximum absolute atomic E-state index is 13.5. The standard InChI is InChI=1S/C18H26N2O4/c1-19(2)12-18(8-4-3-5-9-18)17(23)20-10-6-14-13(7-11-24-14)15(20)16(21)22/h7,11,15H,3-6,8-10,12H2,1-2H3,(H,21,22). The number of carboxylic acids is 1. The van der Waals surface area contributed by atoms with E-state index in [2.05, 4.69) is 0 Å². The molecule has 1 aromatic rings. The van der Waals surface area contributed by atoms with Gasteiger partial charge in [-0.05, 0) is 33.0 Å². The van der Waals surface area contributed by atoms with Gasteiger partial charge in [0.2, 0.25) is 5.91 Å². The number of hydrogen-bond acceptors (Lipinski definition) is 4. The number of hydrogen-bond donors (Lipinski definition) is 1. The van der Waals surface area contributed by atoms with E-state index in [-0.39, 0.29) is 5.91 Å². The molecule has 132 valence electrons. The summed E-state index contributed by atoms with van der Waals surface area (Å²) in [4.78, 5) is 29.0. The Morgan fingerprint density at radius 3 is 2.67 bits per heavy atom. The molecular weight excluding hydrogens is 308 g/mol. The molecule has 6 heteroatoms. The first-order valence-corrected chi connectivity index (χ1v) is 8.69. The van der Waals surface area contributed by atoms with Crippen LogP contribution in [0.3, 0.4) is 0 Å². The van der Waals surface area contributed by atoms with E-state index in [0.717, 1.165) is 32.1 Å². The lowest BCUT2D eigenvalue weighted by atomic mass is 9.72. The van der Waals surface area contributed by atoms with Crippen molar-refractivity contribution in [3.05, 3.63) is 23.7 Å². The molecule has 1 aliphatic heterocycles. The Morgan fingerprint density at radius 2 is 2.04 bits per heavy atom. The minimum Gasteiger partial charge on any atom is -0.479 e. The Bertz CT molecular complexity index is 616. The smallest absolute Gasteiger partial charge is 0.331 e. The van der Waals surface area contributed by atoms with Crippen LogP contribution in [0, 0.1) is 5.41 Å². The van der Waals surface area contributed by atoms with Crippen LogP contribution in [0.5, 0.6) is 0 Å². The van der Waals surface area contributed by atoms with Crippen molar-refractivity contribution >= 4 is 11.9 Å². The molecule has 1 atom stereocenters. The van der Waals surface area contributed by atoms with E-state index < -0.39 is 17.4 Å². The predicted molar refractivity (Wildman–Crippen MR) is 88.6 cm³/mol. The van der Waals surface area contributed by atoms with Crippen molar-refractivity contribution in [1.82, 2.24) is 9.80 Å². The van der Waals surface area contributed by atoms with Gasteiger partial charge in [-0.15, -0.1) is 0 Å². The fourth-order valence-electron chi connectivity index (χ4n) is 4.38. The third-order valence-electron chi connectivity index (χ3n) is 5.34. The zero-order chi connectivity index (χ0) is 17.3. The quantitative estimate of drug-likeness (QED) is 0.914. The van der Waals surface area contributed by atoms with E-state index in [9.17, 15) is 14.7 Å². The van der Waals surface area contributed by atoms with Crippen LogP contribution in [0.4, 0.5) is 0 Å². The molecule has 1 saturated carbocycles. The van der Waals surface area contributed by atoms with Crippen LogP contribution in [-0.4, -0.2) is 54.0 Å². The Hall–Kier alpha value is -1.82. The number of nitrogens with zero attached hydrogens (tertiary/aromatic N) is 2. The van der Waals surface area contributed by atoms with Gasteiger partial charge < -0.3 is 19.3 Å². The third kappa shape index (κ3) is 2.95. The summed E-state index contributed by atoms with van der Waals surface area (Å²) in [6, 6.07) is 0.758. The van der Waals surface area contributed by atoms with Gasteiger partial charge in [0.25, 0.3) is 0 Å². The number of rotatable bonds is 4. The molecule has 1 fully saturated rings. The highest BCUT2D eigenvalue weighted by atomic mass is 16.4. The molecule has 1 N–H and O–H groups in total. The Kier molecular flexibility index (Phi) is 4.67. The summed E-state index contributed by atoms with van der Waals surface area (Å²) in [6.07, 6.45) is 6.98. The Morgan fingerprint density at radius 1 is 1.33 bits per heavy atom. The molecule has 24 heavy (non-hydrogen) atoms. The van der Waals surface area contributed by atoms with Gasteiger partial charge in [0.15, 0.2) is 6.04 Å². The molecule has 0 radical (unpaired) electrons. The maximum atomic E-state index is 13.5. The average Bonchev–Trinajstić information content (AvgIpc) is 3.01. The Balaban J connectivity index is 1.93.